The van der Waals surface area contributed by atoms with Crippen molar-refractivity contribution in [3.8, 4) is 0 Å². The van der Waals surface area contributed by atoms with Gasteiger partial charge in [-0.1, -0.05) is 0 Å². The maximum absolute atomic E-state index is 10.3. The van der Waals surface area contributed by atoms with Crippen molar-refractivity contribution >= 4 is 6.41 Å². The Bertz CT molecular complexity index is 137. The van der Waals surface area contributed by atoms with Crippen LogP contribution >= 0.6 is 0 Å². The molecule has 2 rings (SSSR count). The monoisotopic (exact) mass is 140 g/mol. The van der Waals surface area contributed by atoms with Gasteiger partial charge in [-0.05, 0) is 11.8 Å². The maximum Gasteiger partial charge on any atom is 0.209 e. The third-order valence-corrected chi connectivity index (χ3v) is 2.57. The van der Waals surface area contributed by atoms with Crippen LogP contribution in [0.15, 0.2) is 0 Å². The summed E-state index contributed by atoms with van der Waals surface area (Å²) in [6, 6.07) is 0. The summed E-state index contributed by atoms with van der Waals surface area (Å²) in [6.45, 7) is 4.16. The van der Waals surface area contributed by atoms with Gasteiger partial charge in [-0.15, -0.1) is 0 Å². The first-order chi connectivity index (χ1) is 4.90. The molecule has 0 aliphatic carbocycles. The van der Waals surface area contributed by atoms with E-state index in [0.29, 0.717) is 0 Å². The third kappa shape index (κ3) is 0.814. The summed E-state index contributed by atoms with van der Waals surface area (Å²) < 4.78 is 0. The van der Waals surface area contributed by atoms with E-state index in [1.54, 1.807) is 0 Å². The van der Waals surface area contributed by atoms with Gasteiger partial charge in [-0.25, -0.2) is 0 Å². The zero-order chi connectivity index (χ0) is 6.97. The fourth-order valence-electron chi connectivity index (χ4n) is 1.98. The molecule has 10 heavy (non-hydrogen) atoms. The standard InChI is InChI=1S/C7H12N2O/c10-5-9-3-6-1-8-2-7(6)4-9/h5-8H,1-4H2. The smallest absolute Gasteiger partial charge is 0.209 e. The molecule has 2 aliphatic rings. The maximum atomic E-state index is 10.3. The lowest BCUT2D eigenvalue weighted by atomic mass is 10.0. The van der Waals surface area contributed by atoms with Crippen LogP contribution in [-0.2, 0) is 4.79 Å². The van der Waals surface area contributed by atoms with E-state index >= 15 is 0 Å². The zero-order valence-electron chi connectivity index (χ0n) is 5.92. The molecule has 0 aromatic rings. The first kappa shape index (κ1) is 6.16. The number of likely N-dealkylation sites (tertiary alicyclic amines) is 1. The minimum absolute atomic E-state index is 0.741. The van der Waals surface area contributed by atoms with Gasteiger partial charge in [0.05, 0.1) is 0 Å². The Balaban J connectivity index is 1.99. The quantitative estimate of drug-likeness (QED) is 0.488. The van der Waals surface area contributed by atoms with Gasteiger partial charge in [0, 0.05) is 26.2 Å². The first-order valence-corrected chi connectivity index (χ1v) is 3.80. The molecule has 2 saturated heterocycles. The number of hydrogen-bond donors (Lipinski definition) is 1. The number of rotatable bonds is 1. The highest BCUT2D eigenvalue weighted by atomic mass is 16.1. The lowest BCUT2D eigenvalue weighted by molar-refractivity contribution is -0.117. The Hall–Kier alpha value is -0.570. The Morgan fingerprint density at radius 2 is 1.90 bits per heavy atom. The van der Waals surface area contributed by atoms with Crippen LogP contribution in [0, 0.1) is 11.8 Å². The Labute approximate surface area is 60.4 Å². The average Bonchev–Trinajstić information content (AvgIpc) is 2.42. The van der Waals surface area contributed by atoms with Crippen LogP contribution in [0.4, 0.5) is 0 Å². The summed E-state index contributed by atoms with van der Waals surface area (Å²) >= 11 is 0. The predicted molar refractivity (Wildman–Crippen MR) is 37.5 cm³/mol. The molecule has 2 fully saturated rings. The highest BCUT2D eigenvalue weighted by Gasteiger charge is 2.35. The van der Waals surface area contributed by atoms with Gasteiger partial charge < -0.3 is 10.2 Å². The molecule has 0 bridgehead atoms. The molecule has 0 saturated carbocycles. The summed E-state index contributed by atoms with van der Waals surface area (Å²) in [5, 5.41) is 3.33. The van der Waals surface area contributed by atoms with E-state index in [2.05, 4.69) is 5.32 Å². The molecule has 0 aromatic carbocycles. The van der Waals surface area contributed by atoms with Gasteiger partial charge in [0.2, 0.25) is 6.41 Å². The second-order valence-corrected chi connectivity index (χ2v) is 3.24. The van der Waals surface area contributed by atoms with E-state index in [9.17, 15) is 4.79 Å². The van der Waals surface area contributed by atoms with Crippen molar-refractivity contribution < 1.29 is 4.79 Å². The van der Waals surface area contributed by atoms with Crippen molar-refractivity contribution in [1.29, 1.82) is 0 Å². The molecule has 0 spiro atoms. The SMILES string of the molecule is O=CN1CC2CNCC2C1. The largest absolute Gasteiger partial charge is 0.345 e. The first-order valence-electron chi connectivity index (χ1n) is 3.80. The lowest BCUT2D eigenvalue weighted by Gasteiger charge is -2.08. The van der Waals surface area contributed by atoms with Crippen molar-refractivity contribution in [2.24, 2.45) is 11.8 Å². The summed E-state index contributed by atoms with van der Waals surface area (Å²) in [7, 11) is 0. The van der Waals surface area contributed by atoms with E-state index in [0.717, 1.165) is 44.4 Å². The zero-order valence-corrected chi connectivity index (χ0v) is 5.92. The van der Waals surface area contributed by atoms with Crippen molar-refractivity contribution in [3.63, 3.8) is 0 Å². The molecular formula is C7H12N2O. The van der Waals surface area contributed by atoms with Crippen LogP contribution in [0.2, 0.25) is 0 Å². The summed E-state index contributed by atoms with van der Waals surface area (Å²) in [6.07, 6.45) is 0.971. The molecule has 2 aliphatic heterocycles. The van der Waals surface area contributed by atoms with Crippen LogP contribution in [0.1, 0.15) is 0 Å². The van der Waals surface area contributed by atoms with E-state index in [4.69, 9.17) is 0 Å². The van der Waals surface area contributed by atoms with E-state index in [-0.39, 0.29) is 0 Å². The summed E-state index contributed by atoms with van der Waals surface area (Å²) in [4.78, 5) is 12.2. The molecule has 3 heteroatoms. The molecule has 0 radical (unpaired) electrons. The van der Waals surface area contributed by atoms with Gasteiger partial charge in [-0.3, -0.25) is 4.79 Å². The normalized spacial score (nSPS) is 38.2. The third-order valence-electron chi connectivity index (χ3n) is 2.57. The molecular weight excluding hydrogens is 128 g/mol. The van der Waals surface area contributed by atoms with Gasteiger partial charge in [0.25, 0.3) is 0 Å². The van der Waals surface area contributed by atoms with E-state index in [1.807, 2.05) is 4.90 Å². The van der Waals surface area contributed by atoms with Crippen molar-refractivity contribution in [3.05, 3.63) is 0 Å². The molecule has 2 atom stereocenters. The fraction of sp³-hybridized carbons (Fsp3) is 0.857. The molecule has 0 aromatic heterocycles. The van der Waals surface area contributed by atoms with Gasteiger partial charge in [0.1, 0.15) is 0 Å². The number of amides is 1. The van der Waals surface area contributed by atoms with Gasteiger partial charge in [0.15, 0.2) is 0 Å². The van der Waals surface area contributed by atoms with Crippen LogP contribution in [0.5, 0.6) is 0 Å². The molecule has 1 amide bonds. The second kappa shape index (κ2) is 2.23. The lowest BCUT2D eigenvalue weighted by Crippen LogP contribution is -2.24. The number of hydrogen-bond acceptors (Lipinski definition) is 2. The van der Waals surface area contributed by atoms with Crippen LogP contribution in [-0.4, -0.2) is 37.5 Å². The molecule has 1 N–H and O–H groups in total. The number of nitrogens with one attached hydrogen (secondary N) is 1. The highest BCUT2D eigenvalue weighted by Crippen LogP contribution is 2.24. The Kier molecular flexibility index (Phi) is 1.38. The Morgan fingerprint density at radius 3 is 2.40 bits per heavy atom. The Morgan fingerprint density at radius 1 is 1.30 bits per heavy atom. The second-order valence-electron chi connectivity index (χ2n) is 3.24. The van der Waals surface area contributed by atoms with Crippen molar-refractivity contribution in [2.45, 2.75) is 0 Å². The number of carbonyl (C=O) groups excluding carboxylic acids is 1. The van der Waals surface area contributed by atoms with Crippen LogP contribution < -0.4 is 5.32 Å². The topological polar surface area (TPSA) is 32.3 Å². The molecule has 2 heterocycles. The molecule has 2 unspecified atom stereocenters. The highest BCUT2D eigenvalue weighted by molar-refractivity contribution is 5.47. The molecule has 56 valence electrons. The summed E-state index contributed by atoms with van der Waals surface area (Å²) in [5.41, 5.74) is 0. The summed E-state index contributed by atoms with van der Waals surface area (Å²) in [5.74, 6) is 1.48. The minimum atomic E-state index is 0.741. The fourth-order valence-corrected chi connectivity index (χ4v) is 1.98. The number of nitrogens with zero attached hydrogens (tertiary/aromatic N) is 1. The van der Waals surface area contributed by atoms with Gasteiger partial charge in [-0.2, -0.15) is 0 Å². The van der Waals surface area contributed by atoms with Crippen LogP contribution in [0.3, 0.4) is 0 Å². The minimum Gasteiger partial charge on any atom is -0.345 e. The van der Waals surface area contributed by atoms with Gasteiger partial charge >= 0.3 is 0 Å². The predicted octanol–water partition coefficient (Wildman–Crippen LogP) is -0.706. The van der Waals surface area contributed by atoms with Crippen LogP contribution in [0.25, 0.3) is 0 Å². The number of fused-ring (bicyclic) bond motifs is 1. The number of carbonyl (C=O) groups is 1. The van der Waals surface area contributed by atoms with Crippen molar-refractivity contribution in [2.75, 3.05) is 26.2 Å². The van der Waals surface area contributed by atoms with E-state index < -0.39 is 0 Å². The molecule has 3 nitrogen and oxygen atoms in total. The van der Waals surface area contributed by atoms with Crippen molar-refractivity contribution in [1.82, 2.24) is 10.2 Å². The van der Waals surface area contributed by atoms with E-state index in [1.165, 1.54) is 0 Å². The average molecular weight is 140 g/mol.